The lowest BCUT2D eigenvalue weighted by atomic mass is 10.1. The maximum Gasteiger partial charge on any atom is 0.307 e. The fraction of sp³-hybridized carbons (Fsp3) is 0.188. The molecule has 1 N–H and O–H groups in total. The first-order valence-electron chi connectivity index (χ1n) is 6.21. The number of hydrogen-bond donors (Lipinski definition) is 1. The molecule has 2 rings (SSSR count). The molecule has 0 atom stereocenters. The smallest absolute Gasteiger partial charge is 0.307 e. The van der Waals surface area contributed by atoms with Crippen molar-refractivity contribution in [2.45, 2.75) is 13.0 Å². The van der Waals surface area contributed by atoms with Crippen LogP contribution in [0.5, 0.6) is 0 Å². The maximum atomic E-state index is 10.6. The fourth-order valence-electron chi connectivity index (χ4n) is 1.99. The molecule has 0 heterocycles. The summed E-state index contributed by atoms with van der Waals surface area (Å²) in [5, 5.41) is 8.73. The van der Waals surface area contributed by atoms with E-state index >= 15 is 0 Å². The van der Waals surface area contributed by atoms with Crippen LogP contribution in [0.15, 0.2) is 54.6 Å². The molecule has 98 valence electrons. The van der Waals surface area contributed by atoms with Gasteiger partial charge in [-0.2, -0.15) is 0 Å². The topological polar surface area (TPSA) is 40.5 Å². The minimum Gasteiger partial charge on any atom is -0.481 e. The van der Waals surface area contributed by atoms with E-state index in [9.17, 15) is 4.79 Å². The van der Waals surface area contributed by atoms with Crippen molar-refractivity contribution in [3.63, 3.8) is 0 Å². The Morgan fingerprint density at radius 2 is 1.63 bits per heavy atom. The molecule has 0 fully saturated rings. The number of aliphatic carboxylic acids is 1. The van der Waals surface area contributed by atoms with E-state index in [1.54, 1.807) is 0 Å². The second-order valence-electron chi connectivity index (χ2n) is 4.58. The number of rotatable bonds is 5. The molecule has 3 nitrogen and oxygen atoms in total. The van der Waals surface area contributed by atoms with Crippen molar-refractivity contribution in [2.24, 2.45) is 0 Å². The molecule has 0 saturated carbocycles. The van der Waals surface area contributed by atoms with Gasteiger partial charge in [-0.05, 0) is 23.3 Å². The van der Waals surface area contributed by atoms with E-state index < -0.39 is 5.97 Å². The third-order valence-electron chi connectivity index (χ3n) is 3.00. The van der Waals surface area contributed by atoms with E-state index in [4.69, 9.17) is 5.11 Å². The highest BCUT2D eigenvalue weighted by atomic mass is 16.4. The fourth-order valence-corrected chi connectivity index (χ4v) is 1.99. The first-order valence-corrected chi connectivity index (χ1v) is 6.21. The van der Waals surface area contributed by atoms with Gasteiger partial charge >= 0.3 is 5.97 Å². The van der Waals surface area contributed by atoms with Gasteiger partial charge in [-0.15, -0.1) is 0 Å². The number of nitrogens with zero attached hydrogens (tertiary/aromatic N) is 1. The van der Waals surface area contributed by atoms with Gasteiger partial charge in [-0.1, -0.05) is 42.5 Å². The molecule has 0 aliphatic carbocycles. The summed E-state index contributed by atoms with van der Waals surface area (Å²) in [6, 6.07) is 17.9. The largest absolute Gasteiger partial charge is 0.481 e. The molecule has 0 saturated heterocycles. The van der Waals surface area contributed by atoms with E-state index in [-0.39, 0.29) is 6.42 Å². The van der Waals surface area contributed by atoms with Gasteiger partial charge in [0.25, 0.3) is 0 Å². The van der Waals surface area contributed by atoms with Crippen molar-refractivity contribution >= 4 is 11.7 Å². The van der Waals surface area contributed by atoms with Gasteiger partial charge in [-0.3, -0.25) is 4.79 Å². The van der Waals surface area contributed by atoms with Gasteiger partial charge in [0.1, 0.15) is 0 Å². The molecule has 0 aliphatic heterocycles. The number of benzene rings is 2. The molecule has 0 bridgehead atoms. The Labute approximate surface area is 113 Å². The molecular weight excluding hydrogens is 238 g/mol. The third-order valence-corrected chi connectivity index (χ3v) is 3.00. The molecule has 3 heteroatoms. The molecule has 0 aromatic heterocycles. The van der Waals surface area contributed by atoms with Crippen LogP contribution in [-0.4, -0.2) is 18.1 Å². The Hall–Kier alpha value is -2.29. The molecular formula is C16H17NO2. The van der Waals surface area contributed by atoms with E-state index in [1.165, 1.54) is 5.56 Å². The van der Waals surface area contributed by atoms with Gasteiger partial charge in [-0.25, -0.2) is 0 Å². The van der Waals surface area contributed by atoms with Crippen LogP contribution in [0.3, 0.4) is 0 Å². The normalized spacial score (nSPS) is 10.2. The van der Waals surface area contributed by atoms with Crippen LogP contribution >= 0.6 is 0 Å². The van der Waals surface area contributed by atoms with E-state index in [0.717, 1.165) is 17.8 Å². The summed E-state index contributed by atoms with van der Waals surface area (Å²) in [5.41, 5.74) is 3.15. The highest BCUT2D eigenvalue weighted by Gasteiger charge is 2.04. The lowest BCUT2D eigenvalue weighted by Crippen LogP contribution is -2.16. The van der Waals surface area contributed by atoms with Gasteiger partial charge in [0.05, 0.1) is 6.42 Å². The molecule has 0 amide bonds. The molecule has 0 aliphatic rings. The van der Waals surface area contributed by atoms with Crippen molar-refractivity contribution in [3.05, 3.63) is 65.7 Å². The Balaban J connectivity index is 2.03. The van der Waals surface area contributed by atoms with Crippen molar-refractivity contribution in [1.29, 1.82) is 0 Å². The minimum absolute atomic E-state index is 0.0721. The Morgan fingerprint density at radius 3 is 2.21 bits per heavy atom. The van der Waals surface area contributed by atoms with Crippen LogP contribution in [0.2, 0.25) is 0 Å². The van der Waals surface area contributed by atoms with E-state index in [1.807, 2.05) is 49.5 Å². The Bertz CT molecular complexity index is 534. The standard InChI is InChI=1S/C16H17NO2/c1-17(12-14-5-3-2-4-6-14)15-9-7-13(8-10-15)11-16(18)19/h2-10H,11-12H2,1H3,(H,18,19). The number of carbonyl (C=O) groups is 1. The van der Waals surface area contributed by atoms with Gasteiger partial charge in [0, 0.05) is 19.3 Å². The monoisotopic (exact) mass is 255 g/mol. The van der Waals surface area contributed by atoms with Crippen LogP contribution in [0.4, 0.5) is 5.69 Å². The molecule has 2 aromatic carbocycles. The zero-order valence-corrected chi connectivity index (χ0v) is 10.9. The van der Waals surface area contributed by atoms with Gasteiger partial charge in [0.2, 0.25) is 0 Å². The number of anilines is 1. The second-order valence-corrected chi connectivity index (χ2v) is 4.58. The lowest BCUT2D eigenvalue weighted by molar-refractivity contribution is -0.136. The van der Waals surface area contributed by atoms with E-state index in [0.29, 0.717) is 0 Å². The van der Waals surface area contributed by atoms with Crippen LogP contribution in [0.25, 0.3) is 0 Å². The predicted octanol–water partition coefficient (Wildman–Crippen LogP) is 2.95. The lowest BCUT2D eigenvalue weighted by Gasteiger charge is -2.19. The average Bonchev–Trinajstić information content (AvgIpc) is 2.40. The molecule has 2 aromatic rings. The zero-order valence-electron chi connectivity index (χ0n) is 10.9. The van der Waals surface area contributed by atoms with Crippen LogP contribution in [-0.2, 0) is 17.8 Å². The summed E-state index contributed by atoms with van der Waals surface area (Å²) in [5.74, 6) is -0.801. The summed E-state index contributed by atoms with van der Waals surface area (Å²) < 4.78 is 0. The molecule has 0 radical (unpaired) electrons. The number of hydrogen-bond acceptors (Lipinski definition) is 2. The summed E-state index contributed by atoms with van der Waals surface area (Å²) >= 11 is 0. The highest BCUT2D eigenvalue weighted by Crippen LogP contribution is 2.16. The summed E-state index contributed by atoms with van der Waals surface area (Å²) in [6.45, 7) is 0.832. The summed E-state index contributed by atoms with van der Waals surface area (Å²) in [4.78, 5) is 12.8. The molecule has 19 heavy (non-hydrogen) atoms. The Morgan fingerprint density at radius 1 is 1.00 bits per heavy atom. The van der Waals surface area contributed by atoms with E-state index in [2.05, 4.69) is 17.0 Å². The van der Waals surface area contributed by atoms with Crippen LogP contribution in [0.1, 0.15) is 11.1 Å². The first kappa shape index (κ1) is 13.1. The van der Waals surface area contributed by atoms with Crippen molar-refractivity contribution in [3.8, 4) is 0 Å². The number of carboxylic acid groups (broad SMARTS) is 1. The predicted molar refractivity (Wildman–Crippen MR) is 76.3 cm³/mol. The van der Waals surface area contributed by atoms with Gasteiger partial charge in [0.15, 0.2) is 0 Å². The molecule has 0 spiro atoms. The average molecular weight is 255 g/mol. The SMILES string of the molecule is CN(Cc1ccccc1)c1ccc(CC(=O)O)cc1. The number of carboxylic acids is 1. The summed E-state index contributed by atoms with van der Waals surface area (Å²) in [7, 11) is 2.03. The first-order chi connectivity index (χ1) is 9.15. The highest BCUT2D eigenvalue weighted by molar-refractivity contribution is 5.70. The second kappa shape index (κ2) is 6.05. The minimum atomic E-state index is -0.801. The summed E-state index contributed by atoms with van der Waals surface area (Å²) in [6.07, 6.45) is 0.0721. The van der Waals surface area contributed by atoms with Crippen molar-refractivity contribution in [2.75, 3.05) is 11.9 Å². The van der Waals surface area contributed by atoms with Crippen molar-refractivity contribution in [1.82, 2.24) is 0 Å². The van der Waals surface area contributed by atoms with Crippen LogP contribution < -0.4 is 4.90 Å². The molecule has 0 unspecified atom stereocenters. The van der Waals surface area contributed by atoms with Crippen molar-refractivity contribution < 1.29 is 9.90 Å². The maximum absolute atomic E-state index is 10.6. The van der Waals surface area contributed by atoms with Crippen LogP contribution in [0, 0.1) is 0 Å². The zero-order chi connectivity index (χ0) is 13.7. The Kier molecular flexibility index (Phi) is 4.18. The third kappa shape index (κ3) is 3.85. The van der Waals surface area contributed by atoms with Gasteiger partial charge < -0.3 is 10.0 Å². The quantitative estimate of drug-likeness (QED) is 0.893.